The summed E-state index contributed by atoms with van der Waals surface area (Å²) in [5, 5.41) is 10.6. The third kappa shape index (κ3) is 11.8. The van der Waals surface area contributed by atoms with Crippen molar-refractivity contribution in [2.45, 2.75) is 97.3 Å². The molecule has 1 aromatic carbocycles. The Balaban J connectivity index is 0.000000459. The molecule has 2 heterocycles. The molecule has 1 aliphatic heterocycles. The molecule has 35 heavy (non-hydrogen) atoms. The minimum Gasteiger partial charge on any atom is -1.00 e. The van der Waals surface area contributed by atoms with Gasteiger partial charge in [-0.05, 0) is 25.0 Å². The number of aliphatic hydroxyl groups is 1. The number of hydrogen-bond acceptors (Lipinski definition) is 3. The zero-order valence-electron chi connectivity index (χ0n) is 22.2. The molecule has 1 aliphatic rings. The second-order valence-corrected chi connectivity index (χ2v) is 9.53. The third-order valence-electron chi connectivity index (χ3n) is 6.77. The Hall–Kier alpha value is -1.56. The smallest absolute Gasteiger partial charge is 0.207 e. The summed E-state index contributed by atoms with van der Waals surface area (Å²) in [5.41, 5.74) is 1.06. The molecule has 0 spiro atoms. The molecule has 0 fully saturated rings. The summed E-state index contributed by atoms with van der Waals surface area (Å²) >= 11 is 0. The van der Waals surface area contributed by atoms with Crippen molar-refractivity contribution in [3.8, 4) is 0 Å². The summed E-state index contributed by atoms with van der Waals surface area (Å²) in [6.45, 7) is 6.62. The molecule has 0 saturated carbocycles. The highest BCUT2D eigenvalue weighted by molar-refractivity contribution is 5.78. The number of pyridine rings is 1. The number of aliphatic hydroxyl groups excluding tert-OH is 1. The Morgan fingerprint density at radius 2 is 1.37 bits per heavy atom. The molecule has 2 aromatic rings. The molecule has 1 unspecified atom stereocenters. The van der Waals surface area contributed by atoms with E-state index in [2.05, 4.69) is 42.2 Å². The van der Waals surface area contributed by atoms with Crippen LogP contribution in [0.1, 0.15) is 97.3 Å². The molecular weight excluding hydrogens is 498 g/mol. The average Bonchev–Trinajstić information content (AvgIpc) is 3.27. The molecule has 0 aliphatic carbocycles. The highest BCUT2D eigenvalue weighted by Crippen LogP contribution is 2.22. The minimum absolute atomic E-state index is 0. The number of halogens is 1. The number of unbranched alkanes of at least 4 members (excludes halogenated alkanes) is 10. The van der Waals surface area contributed by atoms with Crippen LogP contribution in [0.15, 0.2) is 60.0 Å². The van der Waals surface area contributed by atoms with Crippen molar-refractivity contribution in [2.75, 3.05) is 19.7 Å². The van der Waals surface area contributed by atoms with Crippen LogP contribution < -0.4 is 17.0 Å². The zero-order valence-corrected chi connectivity index (χ0v) is 23.8. The van der Waals surface area contributed by atoms with Crippen molar-refractivity contribution in [1.82, 2.24) is 4.98 Å². The van der Waals surface area contributed by atoms with Crippen molar-refractivity contribution in [3.63, 3.8) is 0 Å². The first-order valence-corrected chi connectivity index (χ1v) is 13.8. The molecule has 196 valence electrons. The van der Waals surface area contributed by atoms with E-state index in [1.165, 1.54) is 88.3 Å². The zero-order chi connectivity index (χ0) is 24.3. The Kier molecular flexibility index (Phi) is 17.6. The molecule has 3 rings (SSSR count). The second-order valence-electron chi connectivity index (χ2n) is 9.53. The van der Waals surface area contributed by atoms with E-state index in [4.69, 9.17) is 0 Å². The van der Waals surface area contributed by atoms with Crippen LogP contribution in [0.4, 0.5) is 0 Å². The molecule has 1 atom stereocenters. The van der Waals surface area contributed by atoms with Gasteiger partial charge in [0.1, 0.15) is 12.7 Å². The molecule has 1 aromatic heterocycles. The number of rotatable bonds is 16. The first-order valence-electron chi connectivity index (χ1n) is 13.8. The largest absolute Gasteiger partial charge is 1.00 e. The monoisotopic (exact) mass is 545 g/mol. The number of nitrogens with zero attached hydrogens (tertiary/aromatic N) is 3. The van der Waals surface area contributed by atoms with Crippen LogP contribution in [0, 0.1) is 0 Å². The van der Waals surface area contributed by atoms with Gasteiger partial charge in [0.25, 0.3) is 0 Å². The van der Waals surface area contributed by atoms with E-state index in [0.29, 0.717) is 0 Å². The predicted molar refractivity (Wildman–Crippen MR) is 147 cm³/mol. The number of para-hydroxylation sites is 1. The maximum atomic E-state index is 9.45. The van der Waals surface area contributed by atoms with Crippen LogP contribution in [0.5, 0.6) is 0 Å². The Bertz CT molecular complexity index is 789. The predicted octanol–water partition coefficient (Wildman–Crippen LogP) is 5.03. The average molecular weight is 547 g/mol. The summed E-state index contributed by atoms with van der Waals surface area (Å²) in [6, 6.07) is 12.1. The molecule has 0 saturated heterocycles. The maximum absolute atomic E-state index is 9.45. The molecule has 1 N–H and O–H groups in total. The van der Waals surface area contributed by atoms with E-state index in [9.17, 15) is 5.11 Å². The van der Waals surface area contributed by atoms with Gasteiger partial charge in [-0.2, -0.15) is 0 Å². The van der Waals surface area contributed by atoms with Gasteiger partial charge in [-0.1, -0.05) is 102 Å². The molecule has 5 heteroatoms. The number of aromatic nitrogens is 1. The number of aliphatic imine (C=N–C) groups is 1. The molecule has 0 radical (unpaired) electrons. The molecule has 0 amide bonds. The highest BCUT2D eigenvalue weighted by Gasteiger charge is 2.33. The van der Waals surface area contributed by atoms with Crippen molar-refractivity contribution in [3.05, 3.63) is 55.0 Å². The lowest BCUT2D eigenvalue weighted by Crippen LogP contribution is -3.00. The van der Waals surface area contributed by atoms with Gasteiger partial charge in [-0.15, -0.1) is 0 Å². The standard InChI is InChI=1S/C21H41N2O.C9H7N.BrH/c1-3-5-7-8-9-10-11-12-13-14-15-21-22-16-18-23(21,19-20-24)17-6-4-2;1-2-6-9-8(4-1)5-3-7-10-9;/h16,18,24H,3-15,17,19-20H2,1-2H3;1-7H;1H/q+1;;/p-1. The lowest BCUT2D eigenvalue weighted by Gasteiger charge is -2.32. The van der Waals surface area contributed by atoms with Crippen LogP contribution in [0.3, 0.4) is 0 Å². The SMILES string of the molecule is CCCCCCCCCCCCC1=NC=C[N+]1(CCO)CCCC.[Br-].c1ccc2ncccc2c1. The fourth-order valence-electron chi connectivity index (χ4n) is 4.66. The van der Waals surface area contributed by atoms with Gasteiger partial charge < -0.3 is 22.1 Å². The van der Waals surface area contributed by atoms with Crippen LogP contribution in [-0.2, 0) is 0 Å². The Morgan fingerprint density at radius 3 is 2.03 bits per heavy atom. The lowest BCUT2D eigenvalue weighted by atomic mass is 10.1. The van der Waals surface area contributed by atoms with Crippen molar-refractivity contribution in [1.29, 1.82) is 0 Å². The third-order valence-corrected chi connectivity index (χ3v) is 6.77. The van der Waals surface area contributed by atoms with Crippen LogP contribution >= 0.6 is 0 Å². The van der Waals surface area contributed by atoms with Crippen LogP contribution in [0.25, 0.3) is 10.9 Å². The van der Waals surface area contributed by atoms with E-state index in [0.717, 1.165) is 29.5 Å². The number of fused-ring (bicyclic) bond motifs is 1. The Labute approximate surface area is 224 Å². The number of amidine groups is 1. The fourth-order valence-corrected chi connectivity index (χ4v) is 4.66. The normalized spacial score (nSPS) is 16.5. The van der Waals surface area contributed by atoms with E-state index >= 15 is 0 Å². The van der Waals surface area contributed by atoms with Crippen molar-refractivity contribution >= 4 is 16.7 Å². The van der Waals surface area contributed by atoms with Gasteiger partial charge in [-0.25, -0.2) is 9.48 Å². The number of hydrogen-bond donors (Lipinski definition) is 1. The van der Waals surface area contributed by atoms with Crippen molar-refractivity contribution in [2.24, 2.45) is 4.99 Å². The molecule has 0 bridgehead atoms. The topological polar surface area (TPSA) is 45.5 Å². The van der Waals surface area contributed by atoms with Gasteiger partial charge in [0.2, 0.25) is 5.84 Å². The van der Waals surface area contributed by atoms with Gasteiger partial charge in [0.15, 0.2) is 0 Å². The fraction of sp³-hybridized carbons (Fsp3) is 0.600. The maximum Gasteiger partial charge on any atom is 0.207 e. The first-order chi connectivity index (χ1) is 16.8. The van der Waals surface area contributed by atoms with Gasteiger partial charge in [-0.3, -0.25) is 4.98 Å². The summed E-state index contributed by atoms with van der Waals surface area (Å²) in [4.78, 5) is 8.81. The highest BCUT2D eigenvalue weighted by atomic mass is 79.9. The summed E-state index contributed by atoms with van der Waals surface area (Å²) < 4.78 is 0.807. The second kappa shape index (κ2) is 19.6. The van der Waals surface area contributed by atoms with Crippen molar-refractivity contribution < 1.29 is 26.6 Å². The minimum atomic E-state index is 0. The molecular formula is C30H48BrN3O. The quantitative estimate of drug-likeness (QED) is 0.237. The summed E-state index contributed by atoms with van der Waals surface area (Å²) in [7, 11) is 0. The number of benzene rings is 1. The molecule has 4 nitrogen and oxygen atoms in total. The summed E-state index contributed by atoms with van der Waals surface area (Å²) in [6.07, 6.45) is 23.2. The van der Waals surface area contributed by atoms with Gasteiger partial charge in [0, 0.05) is 18.0 Å². The first kappa shape index (κ1) is 31.5. The van der Waals surface area contributed by atoms with E-state index in [1.807, 2.05) is 36.7 Å². The van der Waals surface area contributed by atoms with Gasteiger partial charge >= 0.3 is 0 Å². The number of quaternary nitrogens is 1. The van der Waals surface area contributed by atoms with Gasteiger partial charge in [0.05, 0.1) is 24.9 Å². The van der Waals surface area contributed by atoms with Crippen LogP contribution in [-0.4, -0.2) is 40.1 Å². The summed E-state index contributed by atoms with van der Waals surface area (Å²) in [5.74, 6) is 1.28. The Morgan fingerprint density at radius 1 is 0.743 bits per heavy atom. The van der Waals surface area contributed by atoms with Crippen LogP contribution in [0.2, 0.25) is 0 Å². The van der Waals surface area contributed by atoms with E-state index in [1.54, 1.807) is 0 Å². The lowest BCUT2D eigenvalue weighted by molar-refractivity contribution is -0.788. The van der Waals surface area contributed by atoms with E-state index < -0.39 is 0 Å². The van der Waals surface area contributed by atoms with E-state index in [-0.39, 0.29) is 23.6 Å².